The van der Waals surface area contributed by atoms with Crippen LogP contribution in [0.4, 0.5) is 22.7 Å². The summed E-state index contributed by atoms with van der Waals surface area (Å²) < 4.78 is 55.1. The lowest BCUT2D eigenvalue weighted by molar-refractivity contribution is 0.599. The number of nitrogen functional groups attached to an aromatic ring is 2. The molecule has 4 aromatic rings. The van der Waals surface area contributed by atoms with Crippen LogP contribution in [0.3, 0.4) is 0 Å². The number of hydrogen-bond donors (Lipinski definition) is 4. The lowest BCUT2D eigenvalue weighted by Gasteiger charge is -2.10. The molecule has 0 bridgehead atoms. The molecular formula is C24H22N4O4S4. The van der Waals surface area contributed by atoms with E-state index in [4.69, 9.17) is 11.5 Å². The van der Waals surface area contributed by atoms with E-state index in [1.54, 1.807) is 24.3 Å². The number of anilines is 4. The maximum atomic E-state index is 12.5. The fourth-order valence-electron chi connectivity index (χ4n) is 2.98. The Balaban J connectivity index is 1.33. The van der Waals surface area contributed by atoms with Gasteiger partial charge in [-0.25, -0.2) is 16.8 Å². The highest BCUT2D eigenvalue weighted by atomic mass is 33.1. The van der Waals surface area contributed by atoms with Crippen LogP contribution in [0.1, 0.15) is 0 Å². The lowest BCUT2D eigenvalue weighted by Crippen LogP contribution is -2.12. The van der Waals surface area contributed by atoms with E-state index in [1.807, 2.05) is 24.3 Å². The van der Waals surface area contributed by atoms with E-state index < -0.39 is 20.0 Å². The summed E-state index contributed by atoms with van der Waals surface area (Å²) in [5.41, 5.74) is 13.1. The first-order chi connectivity index (χ1) is 17.1. The molecule has 6 N–H and O–H groups in total. The van der Waals surface area contributed by atoms with E-state index in [0.717, 1.165) is 9.79 Å². The maximum Gasteiger partial charge on any atom is 0.261 e. The highest BCUT2D eigenvalue weighted by molar-refractivity contribution is 8.76. The van der Waals surface area contributed by atoms with Gasteiger partial charge in [-0.15, -0.1) is 0 Å². The highest BCUT2D eigenvalue weighted by Crippen LogP contribution is 2.38. The summed E-state index contributed by atoms with van der Waals surface area (Å²) in [5, 5.41) is 0. The number of nitrogens with two attached hydrogens (primary N) is 2. The molecule has 0 unspecified atom stereocenters. The van der Waals surface area contributed by atoms with Crippen LogP contribution >= 0.6 is 21.6 Å². The number of rotatable bonds is 9. The van der Waals surface area contributed by atoms with Crippen molar-refractivity contribution < 1.29 is 16.8 Å². The van der Waals surface area contributed by atoms with Crippen molar-refractivity contribution >= 4 is 64.4 Å². The molecule has 0 spiro atoms. The molecular weight excluding hydrogens is 537 g/mol. The van der Waals surface area contributed by atoms with E-state index in [0.29, 0.717) is 22.7 Å². The quantitative estimate of drug-likeness (QED) is 0.161. The highest BCUT2D eigenvalue weighted by Gasteiger charge is 2.15. The Kier molecular flexibility index (Phi) is 7.69. The van der Waals surface area contributed by atoms with Crippen molar-refractivity contribution in [2.45, 2.75) is 19.6 Å². The Morgan fingerprint density at radius 3 is 1.08 bits per heavy atom. The SMILES string of the molecule is Nc1ccc(S(=O)(=O)Nc2ccc(SSc3ccc(NS(=O)(=O)c4ccc(N)cc4)cc3)cc2)cc1. The summed E-state index contributed by atoms with van der Waals surface area (Å²) in [5.74, 6) is 0. The standard InChI is InChI=1S/C24H22N4O4S4/c25-17-1-13-23(14-2-17)35(29,30)27-19-5-9-21(10-6-19)33-34-22-11-7-20(8-12-22)28-36(31,32)24-15-3-18(26)4-16-24/h1-16,27-28H,25-26H2. The summed E-state index contributed by atoms with van der Waals surface area (Å²) in [6.45, 7) is 0. The number of hydrogen-bond acceptors (Lipinski definition) is 8. The first kappa shape index (κ1) is 25.8. The Morgan fingerprint density at radius 1 is 0.472 bits per heavy atom. The van der Waals surface area contributed by atoms with E-state index in [-0.39, 0.29) is 9.79 Å². The van der Waals surface area contributed by atoms with E-state index in [1.165, 1.54) is 70.1 Å². The monoisotopic (exact) mass is 558 g/mol. The lowest BCUT2D eigenvalue weighted by atomic mass is 10.3. The maximum absolute atomic E-state index is 12.5. The molecule has 4 aromatic carbocycles. The molecule has 4 rings (SSSR count). The molecule has 0 saturated carbocycles. The Labute approximate surface area is 218 Å². The largest absolute Gasteiger partial charge is 0.399 e. The Bertz CT molecular complexity index is 1420. The Hall–Kier alpha value is -3.32. The molecule has 0 aliphatic heterocycles. The summed E-state index contributed by atoms with van der Waals surface area (Å²) >= 11 is 0. The molecule has 0 saturated heterocycles. The second kappa shape index (κ2) is 10.7. The van der Waals surface area contributed by atoms with E-state index in [2.05, 4.69) is 9.44 Å². The number of nitrogens with one attached hydrogen (secondary N) is 2. The van der Waals surface area contributed by atoms with Crippen molar-refractivity contribution in [1.82, 2.24) is 0 Å². The molecule has 186 valence electrons. The summed E-state index contributed by atoms with van der Waals surface area (Å²) in [6, 6.07) is 25.9. The Morgan fingerprint density at radius 2 is 0.778 bits per heavy atom. The minimum absolute atomic E-state index is 0.130. The third-order valence-corrected chi connectivity index (χ3v) is 10.0. The minimum Gasteiger partial charge on any atom is -0.399 e. The smallest absolute Gasteiger partial charge is 0.261 e. The van der Waals surface area contributed by atoms with Gasteiger partial charge in [-0.1, -0.05) is 21.6 Å². The van der Waals surface area contributed by atoms with Crippen LogP contribution in [-0.2, 0) is 20.0 Å². The van der Waals surface area contributed by atoms with E-state index >= 15 is 0 Å². The molecule has 0 amide bonds. The van der Waals surface area contributed by atoms with Crippen LogP contribution < -0.4 is 20.9 Å². The topological polar surface area (TPSA) is 144 Å². The van der Waals surface area contributed by atoms with Gasteiger partial charge in [0.15, 0.2) is 0 Å². The number of benzene rings is 4. The van der Waals surface area contributed by atoms with Gasteiger partial charge in [0, 0.05) is 32.5 Å². The first-order valence-electron chi connectivity index (χ1n) is 10.4. The third-order valence-electron chi connectivity index (χ3n) is 4.83. The second-order valence-electron chi connectivity index (χ2n) is 7.56. The molecule has 0 radical (unpaired) electrons. The van der Waals surface area contributed by atoms with Gasteiger partial charge >= 0.3 is 0 Å². The third kappa shape index (κ3) is 6.66. The van der Waals surface area contributed by atoms with Crippen molar-refractivity contribution in [3.8, 4) is 0 Å². The summed E-state index contributed by atoms with van der Waals surface area (Å²) in [6.07, 6.45) is 0. The van der Waals surface area contributed by atoms with Gasteiger partial charge in [0.1, 0.15) is 0 Å². The first-order valence-corrected chi connectivity index (χ1v) is 15.5. The molecule has 0 aliphatic carbocycles. The molecule has 12 heteroatoms. The average Bonchev–Trinajstić information content (AvgIpc) is 2.85. The molecule has 0 atom stereocenters. The molecule has 0 aliphatic rings. The normalized spacial score (nSPS) is 11.7. The van der Waals surface area contributed by atoms with Crippen LogP contribution in [0.15, 0.2) is 117 Å². The predicted molar refractivity (Wildman–Crippen MR) is 148 cm³/mol. The zero-order valence-electron chi connectivity index (χ0n) is 18.7. The fraction of sp³-hybridized carbons (Fsp3) is 0. The van der Waals surface area contributed by atoms with Crippen molar-refractivity contribution in [1.29, 1.82) is 0 Å². The van der Waals surface area contributed by atoms with Gasteiger partial charge in [-0.3, -0.25) is 9.44 Å². The number of sulfonamides is 2. The van der Waals surface area contributed by atoms with E-state index in [9.17, 15) is 16.8 Å². The summed E-state index contributed by atoms with van der Waals surface area (Å²) in [7, 11) is -4.43. The van der Waals surface area contributed by atoms with Crippen molar-refractivity contribution in [2.24, 2.45) is 0 Å². The van der Waals surface area contributed by atoms with Gasteiger partial charge in [0.2, 0.25) is 0 Å². The van der Waals surface area contributed by atoms with Gasteiger partial charge < -0.3 is 11.5 Å². The van der Waals surface area contributed by atoms with Crippen LogP contribution in [-0.4, -0.2) is 16.8 Å². The second-order valence-corrected chi connectivity index (χ2v) is 13.2. The van der Waals surface area contributed by atoms with Crippen LogP contribution in [0.25, 0.3) is 0 Å². The minimum atomic E-state index is -3.71. The fourth-order valence-corrected chi connectivity index (χ4v) is 7.02. The summed E-state index contributed by atoms with van der Waals surface area (Å²) in [4.78, 5) is 2.10. The molecule has 0 fully saturated rings. The van der Waals surface area contributed by atoms with Crippen LogP contribution in [0, 0.1) is 0 Å². The zero-order chi connectivity index (χ0) is 25.8. The van der Waals surface area contributed by atoms with Gasteiger partial charge in [0.25, 0.3) is 20.0 Å². The predicted octanol–water partition coefficient (Wildman–Crippen LogP) is 5.25. The van der Waals surface area contributed by atoms with Gasteiger partial charge in [-0.2, -0.15) is 0 Å². The van der Waals surface area contributed by atoms with Crippen LogP contribution in [0.2, 0.25) is 0 Å². The molecule has 0 aromatic heterocycles. The molecule has 8 nitrogen and oxygen atoms in total. The zero-order valence-corrected chi connectivity index (χ0v) is 21.9. The van der Waals surface area contributed by atoms with Crippen LogP contribution in [0.5, 0.6) is 0 Å². The average molecular weight is 559 g/mol. The van der Waals surface area contributed by atoms with Crippen molar-refractivity contribution in [3.63, 3.8) is 0 Å². The molecule has 0 heterocycles. The molecule has 36 heavy (non-hydrogen) atoms. The van der Waals surface area contributed by atoms with Crippen molar-refractivity contribution in [3.05, 3.63) is 97.1 Å². The van der Waals surface area contributed by atoms with Crippen molar-refractivity contribution in [2.75, 3.05) is 20.9 Å². The van der Waals surface area contributed by atoms with Gasteiger partial charge in [0.05, 0.1) is 9.79 Å². The van der Waals surface area contributed by atoms with Gasteiger partial charge in [-0.05, 0) is 97.1 Å².